The van der Waals surface area contributed by atoms with Crippen molar-refractivity contribution in [2.24, 2.45) is 0 Å². The van der Waals surface area contributed by atoms with Gasteiger partial charge in [-0.1, -0.05) is 13.0 Å². The fraction of sp³-hybridized carbons (Fsp3) is 0.200. The Bertz CT molecular complexity index is 626. The third-order valence-electron chi connectivity index (χ3n) is 2.66. The van der Waals surface area contributed by atoms with Crippen LogP contribution < -0.4 is 10.6 Å². The molecule has 2 aromatic rings. The van der Waals surface area contributed by atoms with E-state index in [-0.39, 0.29) is 11.4 Å². The van der Waals surface area contributed by atoms with Gasteiger partial charge >= 0.3 is 0 Å². The third-order valence-corrected chi connectivity index (χ3v) is 2.66. The van der Waals surface area contributed by atoms with Crippen molar-refractivity contribution in [2.75, 3.05) is 17.2 Å². The zero-order valence-electron chi connectivity index (χ0n) is 11.5. The van der Waals surface area contributed by atoms with Crippen LogP contribution in [-0.4, -0.2) is 17.4 Å². The van der Waals surface area contributed by atoms with Crippen LogP contribution in [0.4, 0.5) is 20.3 Å². The molecule has 2 rings (SSSR count). The molecular weight excluding hydrogens is 276 g/mol. The van der Waals surface area contributed by atoms with Crippen LogP contribution >= 0.6 is 0 Å². The predicted molar refractivity (Wildman–Crippen MR) is 77.3 cm³/mol. The predicted octanol–water partition coefficient (Wildman–Crippen LogP) is 3.43. The quantitative estimate of drug-likeness (QED) is 0.887. The molecule has 4 nitrogen and oxygen atoms in total. The first-order valence-electron chi connectivity index (χ1n) is 6.57. The Morgan fingerprint density at radius 1 is 1.19 bits per heavy atom. The third kappa shape index (κ3) is 4.24. The number of rotatable bonds is 5. The number of aromatic nitrogens is 1. The number of halogens is 2. The lowest BCUT2D eigenvalue weighted by Gasteiger charge is -2.07. The van der Waals surface area contributed by atoms with Crippen molar-refractivity contribution < 1.29 is 13.6 Å². The van der Waals surface area contributed by atoms with Gasteiger partial charge in [0, 0.05) is 18.3 Å². The highest BCUT2D eigenvalue weighted by atomic mass is 19.1. The highest BCUT2D eigenvalue weighted by Crippen LogP contribution is 2.14. The average Bonchev–Trinajstić information content (AvgIpc) is 2.44. The number of anilines is 2. The first kappa shape index (κ1) is 14.9. The maximum Gasteiger partial charge on any atom is 0.274 e. The molecule has 110 valence electrons. The van der Waals surface area contributed by atoms with Crippen LogP contribution in [0.15, 0.2) is 36.4 Å². The molecule has 0 fully saturated rings. The van der Waals surface area contributed by atoms with E-state index >= 15 is 0 Å². The van der Waals surface area contributed by atoms with Gasteiger partial charge in [0.05, 0.1) is 0 Å². The molecule has 6 heteroatoms. The van der Waals surface area contributed by atoms with Gasteiger partial charge in [-0.2, -0.15) is 0 Å². The van der Waals surface area contributed by atoms with Gasteiger partial charge in [0.1, 0.15) is 23.1 Å². The highest BCUT2D eigenvalue weighted by Gasteiger charge is 2.10. The summed E-state index contributed by atoms with van der Waals surface area (Å²) in [4.78, 5) is 16.2. The van der Waals surface area contributed by atoms with E-state index in [1.807, 2.05) is 6.92 Å². The zero-order chi connectivity index (χ0) is 15.2. The number of hydrogen-bond acceptors (Lipinski definition) is 3. The van der Waals surface area contributed by atoms with Gasteiger partial charge in [0.15, 0.2) is 0 Å². The van der Waals surface area contributed by atoms with Crippen molar-refractivity contribution in [3.8, 4) is 0 Å². The molecule has 1 aromatic heterocycles. The van der Waals surface area contributed by atoms with Gasteiger partial charge in [0.2, 0.25) is 0 Å². The van der Waals surface area contributed by atoms with Crippen molar-refractivity contribution in [1.29, 1.82) is 0 Å². The molecule has 0 bridgehead atoms. The molecule has 1 heterocycles. The zero-order valence-corrected chi connectivity index (χ0v) is 11.5. The first-order valence-corrected chi connectivity index (χ1v) is 6.57. The smallest absolute Gasteiger partial charge is 0.274 e. The fourth-order valence-electron chi connectivity index (χ4n) is 1.73. The normalized spacial score (nSPS) is 10.2. The minimum Gasteiger partial charge on any atom is -0.370 e. The van der Waals surface area contributed by atoms with Crippen molar-refractivity contribution in [1.82, 2.24) is 4.98 Å². The highest BCUT2D eigenvalue weighted by molar-refractivity contribution is 6.03. The summed E-state index contributed by atoms with van der Waals surface area (Å²) in [7, 11) is 0. The number of nitrogens with one attached hydrogen (secondary N) is 2. The second-order valence-corrected chi connectivity index (χ2v) is 4.45. The molecule has 0 aliphatic heterocycles. The molecule has 0 saturated carbocycles. The number of carbonyl (C=O) groups excluding carboxylic acids is 1. The van der Waals surface area contributed by atoms with Crippen LogP contribution in [0.3, 0.4) is 0 Å². The Labute approximate surface area is 121 Å². The lowest BCUT2D eigenvalue weighted by molar-refractivity contribution is 0.102. The van der Waals surface area contributed by atoms with Gasteiger partial charge in [-0.15, -0.1) is 0 Å². The monoisotopic (exact) mass is 291 g/mol. The minimum absolute atomic E-state index is 0.0474. The van der Waals surface area contributed by atoms with Crippen LogP contribution in [-0.2, 0) is 0 Å². The number of nitrogens with zero attached hydrogens (tertiary/aromatic N) is 1. The molecule has 1 amide bonds. The van der Waals surface area contributed by atoms with E-state index in [2.05, 4.69) is 15.6 Å². The van der Waals surface area contributed by atoms with E-state index in [1.54, 1.807) is 12.1 Å². The second kappa shape index (κ2) is 6.78. The van der Waals surface area contributed by atoms with E-state index in [4.69, 9.17) is 0 Å². The van der Waals surface area contributed by atoms with E-state index in [0.717, 1.165) is 31.2 Å². The molecule has 0 aliphatic rings. The fourth-order valence-corrected chi connectivity index (χ4v) is 1.73. The van der Waals surface area contributed by atoms with Gasteiger partial charge in [-0.25, -0.2) is 13.8 Å². The molecule has 0 radical (unpaired) electrons. The van der Waals surface area contributed by atoms with Gasteiger partial charge in [0.25, 0.3) is 5.91 Å². The molecule has 0 aliphatic carbocycles. The Hall–Kier alpha value is -2.50. The number of hydrogen-bond donors (Lipinski definition) is 2. The lowest BCUT2D eigenvalue weighted by atomic mass is 10.2. The maximum atomic E-state index is 13.1. The summed E-state index contributed by atoms with van der Waals surface area (Å²) in [6, 6.07) is 7.78. The summed E-state index contributed by atoms with van der Waals surface area (Å²) in [5, 5.41) is 5.47. The number of benzene rings is 1. The second-order valence-electron chi connectivity index (χ2n) is 4.45. The Morgan fingerprint density at radius 3 is 2.57 bits per heavy atom. The topological polar surface area (TPSA) is 54.0 Å². The van der Waals surface area contributed by atoms with Crippen LogP contribution in [0.25, 0.3) is 0 Å². The summed E-state index contributed by atoms with van der Waals surface area (Å²) in [5.74, 6) is -1.46. The molecule has 21 heavy (non-hydrogen) atoms. The van der Waals surface area contributed by atoms with Crippen molar-refractivity contribution >= 4 is 17.4 Å². The summed E-state index contributed by atoms with van der Waals surface area (Å²) >= 11 is 0. The number of pyridine rings is 1. The molecule has 0 unspecified atom stereocenters. The Balaban J connectivity index is 2.12. The largest absolute Gasteiger partial charge is 0.370 e. The lowest BCUT2D eigenvalue weighted by Crippen LogP contribution is -2.15. The van der Waals surface area contributed by atoms with E-state index in [0.29, 0.717) is 5.82 Å². The van der Waals surface area contributed by atoms with E-state index in [1.165, 1.54) is 6.07 Å². The van der Waals surface area contributed by atoms with Crippen molar-refractivity contribution in [3.05, 3.63) is 53.7 Å². The van der Waals surface area contributed by atoms with E-state index < -0.39 is 17.5 Å². The van der Waals surface area contributed by atoms with Crippen molar-refractivity contribution in [3.63, 3.8) is 0 Å². The SMILES string of the molecule is CCCNc1cccc(C(=O)Nc2cc(F)cc(F)c2)n1. The first-order chi connectivity index (χ1) is 10.1. The standard InChI is InChI=1S/C15H15F2N3O/c1-2-6-18-14-5-3-4-13(20-14)15(21)19-12-8-10(16)7-11(17)9-12/h3-5,7-9H,2,6H2,1H3,(H,18,20)(H,19,21). The molecule has 1 aromatic carbocycles. The molecule has 2 N–H and O–H groups in total. The summed E-state index contributed by atoms with van der Waals surface area (Å²) < 4.78 is 26.1. The van der Waals surface area contributed by atoms with Crippen LogP contribution in [0.1, 0.15) is 23.8 Å². The van der Waals surface area contributed by atoms with Crippen LogP contribution in [0, 0.1) is 11.6 Å². The van der Waals surface area contributed by atoms with Gasteiger partial charge in [-0.3, -0.25) is 4.79 Å². The molecule has 0 spiro atoms. The maximum absolute atomic E-state index is 13.1. The number of carbonyl (C=O) groups is 1. The summed E-state index contributed by atoms with van der Waals surface area (Å²) in [6.45, 7) is 2.76. The summed E-state index contributed by atoms with van der Waals surface area (Å²) in [5.41, 5.74) is 0.215. The summed E-state index contributed by atoms with van der Waals surface area (Å²) in [6.07, 6.45) is 0.931. The van der Waals surface area contributed by atoms with Gasteiger partial charge in [-0.05, 0) is 30.7 Å². The number of amides is 1. The molecule has 0 saturated heterocycles. The van der Waals surface area contributed by atoms with E-state index in [9.17, 15) is 13.6 Å². The van der Waals surface area contributed by atoms with Crippen molar-refractivity contribution in [2.45, 2.75) is 13.3 Å². The van der Waals surface area contributed by atoms with Gasteiger partial charge < -0.3 is 10.6 Å². The Morgan fingerprint density at radius 2 is 1.90 bits per heavy atom. The minimum atomic E-state index is -0.753. The van der Waals surface area contributed by atoms with Crippen LogP contribution in [0.2, 0.25) is 0 Å². The Kier molecular flexibility index (Phi) is 4.81. The average molecular weight is 291 g/mol. The molecular formula is C15H15F2N3O. The van der Waals surface area contributed by atoms with Crippen LogP contribution in [0.5, 0.6) is 0 Å². The molecule has 0 atom stereocenters.